The summed E-state index contributed by atoms with van der Waals surface area (Å²) in [5.41, 5.74) is 2.86. The van der Waals surface area contributed by atoms with Gasteiger partial charge in [0.05, 0.1) is 6.04 Å². The van der Waals surface area contributed by atoms with Crippen LogP contribution >= 0.6 is 0 Å². The van der Waals surface area contributed by atoms with E-state index in [1.165, 1.54) is 0 Å². The summed E-state index contributed by atoms with van der Waals surface area (Å²) in [6.45, 7) is 6.49. The van der Waals surface area contributed by atoms with Gasteiger partial charge in [-0.1, -0.05) is 37.3 Å². The minimum Gasteiger partial charge on any atom is -0.491 e. The Kier molecular flexibility index (Phi) is 5.59. The van der Waals surface area contributed by atoms with Gasteiger partial charge in [-0.25, -0.2) is 0 Å². The summed E-state index contributed by atoms with van der Waals surface area (Å²) >= 11 is 0. The molecule has 3 heteroatoms. The van der Waals surface area contributed by atoms with Crippen LogP contribution in [0.2, 0.25) is 0 Å². The van der Waals surface area contributed by atoms with Crippen LogP contribution in [-0.4, -0.2) is 18.6 Å². The average molecular weight is 297 g/mol. The van der Waals surface area contributed by atoms with Crippen molar-refractivity contribution in [3.05, 3.63) is 65.2 Å². The minimum absolute atomic E-state index is 0.00683. The summed E-state index contributed by atoms with van der Waals surface area (Å²) in [4.78, 5) is 12.3. The molecule has 2 rings (SSSR count). The van der Waals surface area contributed by atoms with Crippen molar-refractivity contribution in [3.8, 4) is 5.75 Å². The fourth-order valence-corrected chi connectivity index (χ4v) is 2.25. The lowest BCUT2D eigenvalue weighted by Crippen LogP contribution is -2.38. The van der Waals surface area contributed by atoms with Gasteiger partial charge in [-0.05, 0) is 49.6 Å². The number of benzene rings is 2. The summed E-state index contributed by atoms with van der Waals surface area (Å²) in [5, 5.41) is 3.04. The Morgan fingerprint density at radius 1 is 1.14 bits per heavy atom. The Morgan fingerprint density at radius 3 is 2.59 bits per heavy atom. The van der Waals surface area contributed by atoms with Gasteiger partial charge < -0.3 is 10.1 Å². The highest BCUT2D eigenvalue weighted by atomic mass is 16.5. The maximum Gasteiger partial charge on any atom is 0.251 e. The van der Waals surface area contributed by atoms with E-state index in [0.29, 0.717) is 6.61 Å². The van der Waals surface area contributed by atoms with Gasteiger partial charge in [0.25, 0.3) is 5.91 Å². The molecule has 0 unspecified atom stereocenters. The third-order valence-corrected chi connectivity index (χ3v) is 3.66. The molecule has 0 bridgehead atoms. The number of rotatable bonds is 6. The predicted molar refractivity (Wildman–Crippen MR) is 89.4 cm³/mol. The molecule has 0 aliphatic carbocycles. The summed E-state index contributed by atoms with van der Waals surface area (Å²) in [5.74, 6) is 0.793. The van der Waals surface area contributed by atoms with Crippen molar-refractivity contribution >= 4 is 5.91 Å². The predicted octanol–water partition coefficient (Wildman–Crippen LogP) is 3.89. The Labute approximate surface area is 132 Å². The van der Waals surface area contributed by atoms with Crippen molar-refractivity contribution in [3.63, 3.8) is 0 Å². The lowest BCUT2D eigenvalue weighted by molar-refractivity contribution is 0.0919. The molecule has 2 aromatic carbocycles. The largest absolute Gasteiger partial charge is 0.491 e. The molecule has 2 aromatic rings. The molecule has 0 aromatic heterocycles. The van der Waals surface area contributed by atoms with E-state index >= 15 is 0 Å². The zero-order valence-electron chi connectivity index (χ0n) is 13.4. The van der Waals surface area contributed by atoms with Crippen LogP contribution in [-0.2, 0) is 0 Å². The minimum atomic E-state index is -0.0437. The lowest BCUT2D eigenvalue weighted by atomic mass is 10.1. The first kappa shape index (κ1) is 16.1. The van der Waals surface area contributed by atoms with Crippen molar-refractivity contribution in [1.29, 1.82) is 0 Å². The molecule has 0 spiro atoms. The van der Waals surface area contributed by atoms with Crippen molar-refractivity contribution in [1.82, 2.24) is 5.32 Å². The fraction of sp³-hybridized carbons (Fsp3) is 0.316. The molecule has 3 nitrogen and oxygen atoms in total. The number of ether oxygens (including phenoxy) is 1. The second kappa shape index (κ2) is 7.64. The van der Waals surface area contributed by atoms with E-state index in [0.717, 1.165) is 28.9 Å². The standard InChI is InChI=1S/C19H23NO2/c1-4-16(13-22-17-10-7-8-14(2)12-17)20-19(21)18-11-6-5-9-15(18)3/h5-12,16H,4,13H2,1-3H3,(H,20,21)/t16-/m1/s1. The van der Waals surface area contributed by atoms with Gasteiger partial charge in [-0.2, -0.15) is 0 Å². The van der Waals surface area contributed by atoms with Gasteiger partial charge in [0, 0.05) is 5.56 Å². The van der Waals surface area contributed by atoms with Crippen molar-refractivity contribution in [2.45, 2.75) is 33.2 Å². The van der Waals surface area contributed by atoms with Crippen LogP contribution in [0, 0.1) is 13.8 Å². The Balaban J connectivity index is 1.95. The van der Waals surface area contributed by atoms with Crippen molar-refractivity contribution in [2.24, 2.45) is 0 Å². The number of nitrogens with one attached hydrogen (secondary N) is 1. The van der Waals surface area contributed by atoms with Crippen LogP contribution in [0.25, 0.3) is 0 Å². The van der Waals surface area contributed by atoms with Crippen LogP contribution in [0.5, 0.6) is 5.75 Å². The first-order valence-electron chi connectivity index (χ1n) is 7.66. The van der Waals surface area contributed by atoms with Crippen molar-refractivity contribution < 1.29 is 9.53 Å². The monoisotopic (exact) mass is 297 g/mol. The summed E-state index contributed by atoms with van der Waals surface area (Å²) in [6, 6.07) is 15.5. The van der Waals surface area contributed by atoms with Crippen LogP contribution in [0.1, 0.15) is 34.8 Å². The van der Waals surface area contributed by atoms with E-state index < -0.39 is 0 Å². The van der Waals surface area contributed by atoms with Gasteiger partial charge in [-0.3, -0.25) is 4.79 Å². The van der Waals surface area contributed by atoms with Crippen LogP contribution in [0.4, 0.5) is 0 Å². The smallest absolute Gasteiger partial charge is 0.251 e. The number of aryl methyl sites for hydroxylation is 2. The topological polar surface area (TPSA) is 38.3 Å². The molecule has 1 amide bonds. The molecule has 0 radical (unpaired) electrons. The zero-order chi connectivity index (χ0) is 15.9. The average Bonchev–Trinajstić information content (AvgIpc) is 2.51. The molecule has 1 N–H and O–H groups in total. The zero-order valence-corrected chi connectivity index (χ0v) is 13.4. The third-order valence-electron chi connectivity index (χ3n) is 3.66. The van der Waals surface area contributed by atoms with Gasteiger partial charge >= 0.3 is 0 Å². The first-order chi connectivity index (χ1) is 10.6. The van der Waals surface area contributed by atoms with E-state index in [2.05, 4.69) is 5.32 Å². The van der Waals surface area contributed by atoms with Gasteiger partial charge in [0.1, 0.15) is 12.4 Å². The summed E-state index contributed by atoms with van der Waals surface area (Å²) in [6.07, 6.45) is 0.823. The Bertz CT molecular complexity index is 637. The van der Waals surface area contributed by atoms with Gasteiger partial charge in [0.2, 0.25) is 0 Å². The number of hydrogen-bond donors (Lipinski definition) is 1. The Morgan fingerprint density at radius 2 is 1.91 bits per heavy atom. The first-order valence-corrected chi connectivity index (χ1v) is 7.66. The van der Waals surface area contributed by atoms with Crippen LogP contribution < -0.4 is 10.1 Å². The highest BCUT2D eigenvalue weighted by Crippen LogP contribution is 2.13. The van der Waals surface area contributed by atoms with Crippen LogP contribution in [0.3, 0.4) is 0 Å². The third kappa shape index (κ3) is 4.35. The second-order valence-electron chi connectivity index (χ2n) is 5.52. The molecule has 0 saturated heterocycles. The van der Waals surface area contributed by atoms with E-state index in [4.69, 9.17) is 4.74 Å². The summed E-state index contributed by atoms with van der Waals surface area (Å²) in [7, 11) is 0. The fourth-order valence-electron chi connectivity index (χ4n) is 2.25. The number of carbonyl (C=O) groups excluding carboxylic acids is 1. The summed E-state index contributed by atoms with van der Waals surface area (Å²) < 4.78 is 5.79. The molecule has 0 saturated carbocycles. The molecule has 0 aliphatic heterocycles. The number of carbonyl (C=O) groups is 1. The molecule has 0 fully saturated rings. The quantitative estimate of drug-likeness (QED) is 0.878. The lowest BCUT2D eigenvalue weighted by Gasteiger charge is -2.18. The van der Waals surface area contributed by atoms with Gasteiger partial charge in [0.15, 0.2) is 0 Å². The highest BCUT2D eigenvalue weighted by Gasteiger charge is 2.14. The molecule has 0 heterocycles. The molecule has 1 atom stereocenters. The van der Waals surface area contributed by atoms with Crippen LogP contribution in [0.15, 0.2) is 48.5 Å². The number of amides is 1. The van der Waals surface area contributed by atoms with E-state index in [1.807, 2.05) is 69.3 Å². The SMILES string of the molecule is CC[C@H](COc1cccc(C)c1)NC(=O)c1ccccc1C. The van der Waals surface area contributed by atoms with Gasteiger partial charge in [-0.15, -0.1) is 0 Å². The maximum absolute atomic E-state index is 12.3. The van der Waals surface area contributed by atoms with E-state index in [1.54, 1.807) is 0 Å². The molecule has 0 aliphatic rings. The highest BCUT2D eigenvalue weighted by molar-refractivity contribution is 5.95. The normalized spacial score (nSPS) is 11.8. The maximum atomic E-state index is 12.3. The number of hydrogen-bond acceptors (Lipinski definition) is 2. The van der Waals surface area contributed by atoms with Crippen molar-refractivity contribution in [2.75, 3.05) is 6.61 Å². The van der Waals surface area contributed by atoms with E-state index in [9.17, 15) is 4.79 Å². The second-order valence-corrected chi connectivity index (χ2v) is 5.52. The molecular weight excluding hydrogens is 274 g/mol. The molecule has 22 heavy (non-hydrogen) atoms. The Hall–Kier alpha value is -2.29. The molecule has 116 valence electrons. The molecular formula is C19H23NO2. The van der Waals surface area contributed by atoms with E-state index in [-0.39, 0.29) is 11.9 Å².